The quantitative estimate of drug-likeness (QED) is 0.638. The van der Waals surface area contributed by atoms with Gasteiger partial charge in [-0.3, -0.25) is 4.79 Å². The van der Waals surface area contributed by atoms with E-state index in [1.807, 2.05) is 0 Å². The molecule has 2 atom stereocenters. The van der Waals surface area contributed by atoms with Crippen LogP contribution in [0.1, 0.15) is 39.5 Å². The van der Waals surface area contributed by atoms with Crippen LogP contribution in [-0.4, -0.2) is 12.5 Å². The summed E-state index contributed by atoms with van der Waals surface area (Å²) in [4.78, 5) is 11.1. The van der Waals surface area contributed by atoms with Crippen molar-refractivity contribution in [2.24, 2.45) is 11.8 Å². The number of rotatable bonds is 1. The van der Waals surface area contributed by atoms with Gasteiger partial charge in [0, 0.05) is 13.0 Å². The van der Waals surface area contributed by atoms with Gasteiger partial charge < -0.3 is 5.32 Å². The van der Waals surface area contributed by atoms with Crippen molar-refractivity contribution in [3.8, 4) is 0 Å². The second kappa shape index (κ2) is 4.48. The molecule has 2 heteroatoms. The van der Waals surface area contributed by atoms with E-state index in [2.05, 4.69) is 19.2 Å². The van der Waals surface area contributed by atoms with Crippen LogP contribution in [0.4, 0.5) is 0 Å². The molecule has 0 radical (unpaired) electrons. The lowest BCUT2D eigenvalue weighted by Gasteiger charge is -2.25. The van der Waals surface area contributed by atoms with Crippen LogP contribution < -0.4 is 5.32 Å². The van der Waals surface area contributed by atoms with E-state index < -0.39 is 0 Å². The molecule has 2 unspecified atom stereocenters. The summed E-state index contributed by atoms with van der Waals surface area (Å²) in [7, 11) is 0. The third-order valence-corrected chi connectivity index (χ3v) is 2.93. The molecule has 0 aromatic heterocycles. The third kappa shape index (κ3) is 2.50. The van der Waals surface area contributed by atoms with Gasteiger partial charge in [0.05, 0.1) is 0 Å². The fourth-order valence-electron chi connectivity index (χ4n) is 1.95. The highest BCUT2D eigenvalue weighted by molar-refractivity contribution is 5.75. The van der Waals surface area contributed by atoms with Crippen LogP contribution in [0.25, 0.3) is 0 Å². The molecular formula is C10H19NO. The van der Waals surface area contributed by atoms with Crippen molar-refractivity contribution >= 4 is 5.91 Å². The molecular weight excluding hydrogens is 150 g/mol. The molecule has 1 amide bonds. The molecule has 70 valence electrons. The van der Waals surface area contributed by atoms with E-state index in [0.717, 1.165) is 25.3 Å². The van der Waals surface area contributed by atoms with E-state index in [4.69, 9.17) is 0 Å². The molecule has 1 N–H and O–H groups in total. The molecule has 0 aromatic rings. The van der Waals surface area contributed by atoms with E-state index >= 15 is 0 Å². The molecule has 1 saturated heterocycles. The van der Waals surface area contributed by atoms with Crippen LogP contribution in [0.2, 0.25) is 0 Å². The van der Waals surface area contributed by atoms with Crippen LogP contribution in [0, 0.1) is 11.8 Å². The van der Waals surface area contributed by atoms with Gasteiger partial charge in [0.2, 0.25) is 5.91 Å². The average Bonchev–Trinajstić information content (AvgIpc) is 2.06. The van der Waals surface area contributed by atoms with Gasteiger partial charge in [0.25, 0.3) is 0 Å². The molecule has 0 spiro atoms. The minimum absolute atomic E-state index is 0.233. The fraction of sp³-hybridized carbons (Fsp3) is 0.900. The maximum Gasteiger partial charge on any atom is 0.220 e. The maximum absolute atomic E-state index is 11.1. The molecule has 0 bridgehead atoms. The first-order valence-corrected chi connectivity index (χ1v) is 5.00. The number of nitrogens with one attached hydrogen (secondary N) is 1. The Balaban J connectivity index is 2.43. The van der Waals surface area contributed by atoms with E-state index in [-0.39, 0.29) is 5.91 Å². The fourth-order valence-corrected chi connectivity index (χ4v) is 1.95. The van der Waals surface area contributed by atoms with Crippen molar-refractivity contribution in [3.05, 3.63) is 0 Å². The minimum atomic E-state index is 0.233. The molecule has 1 aliphatic heterocycles. The van der Waals surface area contributed by atoms with E-state index in [9.17, 15) is 4.79 Å². The SMILES string of the molecule is CCC1CCCC(=O)NCC1C. The van der Waals surface area contributed by atoms with E-state index in [1.165, 1.54) is 12.8 Å². The van der Waals surface area contributed by atoms with Crippen molar-refractivity contribution in [2.45, 2.75) is 39.5 Å². The second-order valence-corrected chi connectivity index (χ2v) is 3.84. The maximum atomic E-state index is 11.1. The smallest absolute Gasteiger partial charge is 0.220 e. The van der Waals surface area contributed by atoms with Gasteiger partial charge >= 0.3 is 0 Å². The molecule has 1 fully saturated rings. The number of carbonyl (C=O) groups excluding carboxylic acids is 1. The van der Waals surface area contributed by atoms with Gasteiger partial charge in [-0.05, 0) is 24.7 Å². The third-order valence-electron chi connectivity index (χ3n) is 2.93. The Labute approximate surface area is 74.7 Å². The number of carbonyl (C=O) groups is 1. The highest BCUT2D eigenvalue weighted by atomic mass is 16.1. The Morgan fingerprint density at radius 2 is 2.33 bits per heavy atom. The predicted octanol–water partition coefficient (Wildman–Crippen LogP) is 1.95. The number of amides is 1. The Kier molecular flexibility index (Phi) is 3.57. The highest BCUT2D eigenvalue weighted by Gasteiger charge is 2.18. The molecule has 1 rings (SSSR count). The molecule has 12 heavy (non-hydrogen) atoms. The summed E-state index contributed by atoms with van der Waals surface area (Å²) in [5, 5.41) is 2.96. The van der Waals surface area contributed by atoms with E-state index in [1.54, 1.807) is 0 Å². The summed E-state index contributed by atoms with van der Waals surface area (Å²) >= 11 is 0. The average molecular weight is 169 g/mol. The van der Waals surface area contributed by atoms with Crippen LogP contribution in [-0.2, 0) is 4.79 Å². The van der Waals surface area contributed by atoms with Crippen LogP contribution >= 0.6 is 0 Å². The Morgan fingerprint density at radius 1 is 1.58 bits per heavy atom. The molecule has 0 aromatic carbocycles. The molecule has 2 nitrogen and oxygen atoms in total. The van der Waals surface area contributed by atoms with Gasteiger partial charge in [-0.25, -0.2) is 0 Å². The van der Waals surface area contributed by atoms with Crippen molar-refractivity contribution < 1.29 is 4.79 Å². The van der Waals surface area contributed by atoms with Gasteiger partial charge in [0.15, 0.2) is 0 Å². The normalized spacial score (nSPS) is 32.0. The summed E-state index contributed by atoms with van der Waals surface area (Å²) < 4.78 is 0. The van der Waals surface area contributed by atoms with Crippen LogP contribution in [0.15, 0.2) is 0 Å². The second-order valence-electron chi connectivity index (χ2n) is 3.84. The van der Waals surface area contributed by atoms with E-state index in [0.29, 0.717) is 5.92 Å². The standard InChI is InChI=1S/C10H19NO/c1-3-9-5-4-6-10(12)11-7-8(9)2/h8-9H,3-7H2,1-2H3,(H,11,12). The Bertz CT molecular complexity index is 156. The highest BCUT2D eigenvalue weighted by Crippen LogP contribution is 2.22. The number of hydrogen-bond donors (Lipinski definition) is 1. The lowest BCUT2D eigenvalue weighted by molar-refractivity contribution is -0.121. The van der Waals surface area contributed by atoms with Gasteiger partial charge in [0.1, 0.15) is 0 Å². The van der Waals surface area contributed by atoms with Crippen LogP contribution in [0.5, 0.6) is 0 Å². The molecule has 1 aliphatic rings. The topological polar surface area (TPSA) is 29.1 Å². The lowest BCUT2D eigenvalue weighted by atomic mass is 9.86. The zero-order valence-electron chi connectivity index (χ0n) is 8.10. The van der Waals surface area contributed by atoms with Crippen molar-refractivity contribution in [3.63, 3.8) is 0 Å². The molecule has 0 aliphatic carbocycles. The first-order valence-electron chi connectivity index (χ1n) is 5.00. The largest absolute Gasteiger partial charge is 0.356 e. The summed E-state index contributed by atoms with van der Waals surface area (Å²) in [5.74, 6) is 1.70. The monoisotopic (exact) mass is 169 g/mol. The van der Waals surface area contributed by atoms with Crippen molar-refractivity contribution in [2.75, 3.05) is 6.54 Å². The zero-order chi connectivity index (χ0) is 8.97. The summed E-state index contributed by atoms with van der Waals surface area (Å²) in [6.45, 7) is 5.35. The van der Waals surface area contributed by atoms with Crippen LogP contribution in [0.3, 0.4) is 0 Å². The first-order chi connectivity index (χ1) is 5.74. The minimum Gasteiger partial charge on any atom is -0.356 e. The summed E-state index contributed by atoms with van der Waals surface area (Å²) in [5.41, 5.74) is 0. The zero-order valence-corrected chi connectivity index (χ0v) is 8.10. The molecule has 0 saturated carbocycles. The molecule has 1 heterocycles. The summed E-state index contributed by atoms with van der Waals surface area (Å²) in [6, 6.07) is 0. The lowest BCUT2D eigenvalue weighted by Crippen LogP contribution is -2.33. The Morgan fingerprint density at radius 3 is 3.00 bits per heavy atom. The first kappa shape index (κ1) is 9.56. The number of hydrogen-bond acceptors (Lipinski definition) is 1. The van der Waals surface area contributed by atoms with Gasteiger partial charge in [-0.2, -0.15) is 0 Å². The predicted molar refractivity (Wildman–Crippen MR) is 49.8 cm³/mol. The Hall–Kier alpha value is -0.530. The van der Waals surface area contributed by atoms with Crippen molar-refractivity contribution in [1.29, 1.82) is 0 Å². The van der Waals surface area contributed by atoms with Crippen molar-refractivity contribution in [1.82, 2.24) is 5.32 Å². The van der Waals surface area contributed by atoms with Gasteiger partial charge in [-0.1, -0.05) is 20.3 Å². The van der Waals surface area contributed by atoms with Gasteiger partial charge in [-0.15, -0.1) is 0 Å². The summed E-state index contributed by atoms with van der Waals surface area (Å²) in [6.07, 6.45) is 4.26.